The summed E-state index contributed by atoms with van der Waals surface area (Å²) in [6, 6.07) is -0.318. The summed E-state index contributed by atoms with van der Waals surface area (Å²) in [5.74, 6) is 0.276. The van der Waals surface area contributed by atoms with Crippen LogP contribution >= 0.6 is 0 Å². The van der Waals surface area contributed by atoms with Crippen LogP contribution in [0.15, 0.2) is 0 Å². The number of carbonyl (C=O) groups excluding carboxylic acids is 1. The third-order valence-electron chi connectivity index (χ3n) is 2.68. The molecule has 1 fully saturated rings. The van der Waals surface area contributed by atoms with E-state index >= 15 is 0 Å². The summed E-state index contributed by atoms with van der Waals surface area (Å²) < 4.78 is 0. The molecular formula is C11H22N2O3. The second kappa shape index (κ2) is 6.18. The third kappa shape index (κ3) is 4.47. The topological polar surface area (TPSA) is 81.6 Å². The van der Waals surface area contributed by atoms with Gasteiger partial charge in [-0.2, -0.15) is 0 Å². The van der Waals surface area contributed by atoms with E-state index in [-0.39, 0.29) is 18.5 Å². The molecule has 1 rings (SSSR count). The Bertz CT molecular complexity index is 233. The molecule has 1 aliphatic rings. The Balaban J connectivity index is 2.19. The van der Waals surface area contributed by atoms with Crippen molar-refractivity contribution < 1.29 is 15.0 Å². The first-order valence-corrected chi connectivity index (χ1v) is 5.86. The minimum absolute atomic E-state index is 0.139. The van der Waals surface area contributed by atoms with E-state index in [1.807, 2.05) is 13.8 Å². The van der Waals surface area contributed by atoms with Gasteiger partial charge in [0, 0.05) is 13.1 Å². The predicted octanol–water partition coefficient (Wildman–Crippen LogP) is -0.768. The predicted molar refractivity (Wildman–Crippen MR) is 60.9 cm³/mol. The van der Waals surface area contributed by atoms with Gasteiger partial charge in [-0.25, -0.2) is 0 Å². The number of β-amino-alcohol motifs (C(OH)–C–C–N with tert-alkyl or cyclic N) is 1. The smallest absolute Gasteiger partial charge is 0.237 e. The zero-order valence-electron chi connectivity index (χ0n) is 9.94. The van der Waals surface area contributed by atoms with E-state index in [9.17, 15) is 15.0 Å². The van der Waals surface area contributed by atoms with Crippen LogP contribution in [0.5, 0.6) is 0 Å². The van der Waals surface area contributed by atoms with Gasteiger partial charge >= 0.3 is 0 Å². The molecule has 0 aromatic heterocycles. The molecule has 1 amide bonds. The lowest BCUT2D eigenvalue weighted by atomic mass is 10.1. The first-order chi connectivity index (χ1) is 7.49. The molecule has 16 heavy (non-hydrogen) atoms. The number of hydrogen-bond acceptors (Lipinski definition) is 4. The summed E-state index contributed by atoms with van der Waals surface area (Å²) in [7, 11) is 0. The summed E-state index contributed by atoms with van der Waals surface area (Å²) in [6.45, 7) is 4.80. The van der Waals surface area contributed by atoms with Gasteiger partial charge in [0.1, 0.15) is 0 Å². The van der Waals surface area contributed by atoms with E-state index in [2.05, 4.69) is 10.6 Å². The van der Waals surface area contributed by atoms with Gasteiger partial charge in [-0.15, -0.1) is 0 Å². The quantitative estimate of drug-likeness (QED) is 0.500. The molecule has 3 unspecified atom stereocenters. The molecule has 5 heteroatoms. The fourth-order valence-corrected chi connectivity index (χ4v) is 1.89. The summed E-state index contributed by atoms with van der Waals surface area (Å²) >= 11 is 0. The van der Waals surface area contributed by atoms with Gasteiger partial charge in [0.25, 0.3) is 0 Å². The van der Waals surface area contributed by atoms with Crippen LogP contribution in [0.1, 0.15) is 26.7 Å². The molecule has 1 saturated heterocycles. The van der Waals surface area contributed by atoms with Crippen molar-refractivity contribution in [3.8, 4) is 0 Å². The molecule has 0 spiro atoms. The lowest BCUT2D eigenvalue weighted by Gasteiger charge is -2.16. The maximum absolute atomic E-state index is 11.6. The minimum atomic E-state index is -0.490. The lowest BCUT2D eigenvalue weighted by Crippen LogP contribution is -2.43. The van der Waals surface area contributed by atoms with Gasteiger partial charge in [-0.1, -0.05) is 13.8 Å². The van der Waals surface area contributed by atoms with Crippen molar-refractivity contribution in [1.82, 2.24) is 10.6 Å². The maximum atomic E-state index is 11.6. The monoisotopic (exact) mass is 230 g/mol. The third-order valence-corrected chi connectivity index (χ3v) is 2.68. The molecule has 94 valence electrons. The van der Waals surface area contributed by atoms with Gasteiger partial charge in [0.05, 0.1) is 18.2 Å². The summed E-state index contributed by atoms with van der Waals surface area (Å²) in [6.07, 6.45) is 0.208. The van der Waals surface area contributed by atoms with Crippen LogP contribution in [0.2, 0.25) is 0 Å². The Labute approximate surface area is 96.2 Å². The van der Waals surface area contributed by atoms with E-state index < -0.39 is 12.2 Å². The largest absolute Gasteiger partial charge is 0.392 e. The Morgan fingerprint density at radius 2 is 2.25 bits per heavy atom. The first-order valence-electron chi connectivity index (χ1n) is 5.86. The van der Waals surface area contributed by atoms with Crippen LogP contribution < -0.4 is 10.6 Å². The highest BCUT2D eigenvalue weighted by molar-refractivity contribution is 5.82. The molecular weight excluding hydrogens is 208 g/mol. The lowest BCUT2D eigenvalue weighted by molar-refractivity contribution is -0.123. The SMILES string of the molecule is CC(C)CC(O)CNC(=O)C1CC(O)CN1. The van der Waals surface area contributed by atoms with Crippen molar-refractivity contribution in [2.45, 2.75) is 44.9 Å². The average Bonchev–Trinajstić information content (AvgIpc) is 2.60. The van der Waals surface area contributed by atoms with Gasteiger partial charge in [0.2, 0.25) is 5.91 Å². The second-order valence-corrected chi connectivity index (χ2v) is 4.88. The van der Waals surface area contributed by atoms with Gasteiger partial charge in [0.15, 0.2) is 0 Å². The standard InChI is InChI=1S/C11H22N2O3/c1-7(2)3-8(14)6-13-11(16)10-4-9(15)5-12-10/h7-10,12,14-15H,3-6H2,1-2H3,(H,13,16). The van der Waals surface area contributed by atoms with Crippen LogP contribution in [0.25, 0.3) is 0 Å². The van der Waals surface area contributed by atoms with Crippen molar-refractivity contribution in [2.75, 3.05) is 13.1 Å². The number of aliphatic hydroxyl groups is 2. The highest BCUT2D eigenvalue weighted by Gasteiger charge is 2.27. The summed E-state index contributed by atoms with van der Waals surface area (Å²) in [4.78, 5) is 11.6. The van der Waals surface area contributed by atoms with Gasteiger partial charge in [-0.05, 0) is 18.8 Å². The van der Waals surface area contributed by atoms with E-state index in [0.29, 0.717) is 25.3 Å². The van der Waals surface area contributed by atoms with E-state index in [1.165, 1.54) is 0 Å². The van der Waals surface area contributed by atoms with Crippen LogP contribution in [0, 0.1) is 5.92 Å². The van der Waals surface area contributed by atoms with Crippen molar-refractivity contribution in [3.63, 3.8) is 0 Å². The molecule has 5 nitrogen and oxygen atoms in total. The zero-order chi connectivity index (χ0) is 12.1. The normalized spacial score (nSPS) is 27.1. The maximum Gasteiger partial charge on any atom is 0.237 e. The fourth-order valence-electron chi connectivity index (χ4n) is 1.89. The van der Waals surface area contributed by atoms with Crippen LogP contribution in [-0.4, -0.2) is 47.5 Å². The van der Waals surface area contributed by atoms with Crippen LogP contribution in [0.4, 0.5) is 0 Å². The number of aliphatic hydroxyl groups excluding tert-OH is 2. The van der Waals surface area contributed by atoms with Gasteiger partial charge in [-0.3, -0.25) is 4.79 Å². The number of rotatable bonds is 5. The van der Waals surface area contributed by atoms with Crippen molar-refractivity contribution in [2.24, 2.45) is 5.92 Å². The molecule has 0 radical (unpaired) electrons. The van der Waals surface area contributed by atoms with Crippen LogP contribution in [-0.2, 0) is 4.79 Å². The molecule has 0 aromatic rings. The molecule has 1 aliphatic heterocycles. The molecule has 1 heterocycles. The molecule has 0 bridgehead atoms. The van der Waals surface area contributed by atoms with Crippen molar-refractivity contribution in [3.05, 3.63) is 0 Å². The minimum Gasteiger partial charge on any atom is -0.392 e. The first kappa shape index (κ1) is 13.4. The second-order valence-electron chi connectivity index (χ2n) is 4.88. The summed E-state index contributed by atoms with van der Waals surface area (Å²) in [5.41, 5.74) is 0. The molecule has 0 aliphatic carbocycles. The van der Waals surface area contributed by atoms with Gasteiger partial charge < -0.3 is 20.8 Å². The molecule has 0 aromatic carbocycles. The molecule has 0 saturated carbocycles. The Kier molecular flexibility index (Phi) is 5.18. The van der Waals surface area contributed by atoms with Crippen LogP contribution in [0.3, 0.4) is 0 Å². The average molecular weight is 230 g/mol. The Morgan fingerprint density at radius 1 is 1.56 bits per heavy atom. The van der Waals surface area contributed by atoms with E-state index in [1.54, 1.807) is 0 Å². The highest BCUT2D eigenvalue weighted by Crippen LogP contribution is 2.07. The number of carbonyl (C=O) groups is 1. The molecule has 4 N–H and O–H groups in total. The highest BCUT2D eigenvalue weighted by atomic mass is 16.3. The summed E-state index contributed by atoms with van der Waals surface area (Å²) in [5, 5.41) is 24.4. The Morgan fingerprint density at radius 3 is 2.75 bits per heavy atom. The Hall–Kier alpha value is -0.650. The molecule has 3 atom stereocenters. The number of hydrogen-bond donors (Lipinski definition) is 4. The van der Waals surface area contributed by atoms with E-state index in [4.69, 9.17) is 0 Å². The number of nitrogens with one attached hydrogen (secondary N) is 2. The van der Waals surface area contributed by atoms with Crippen molar-refractivity contribution >= 4 is 5.91 Å². The fraction of sp³-hybridized carbons (Fsp3) is 0.909. The number of amides is 1. The van der Waals surface area contributed by atoms with E-state index in [0.717, 1.165) is 0 Å². The van der Waals surface area contributed by atoms with Crippen molar-refractivity contribution in [1.29, 1.82) is 0 Å². The zero-order valence-corrected chi connectivity index (χ0v) is 9.94.